The molecule has 0 aromatic heterocycles. The van der Waals surface area contributed by atoms with Crippen LogP contribution in [0.4, 0.5) is 5.69 Å². The molecule has 1 rings (SSSR count). The Bertz CT molecular complexity index is 366. The second kappa shape index (κ2) is 4.43. The van der Waals surface area contributed by atoms with E-state index in [1.165, 1.54) is 0 Å². The zero-order valence-corrected chi connectivity index (χ0v) is 8.10. The molecular formula is C8H10N4OS. The van der Waals surface area contributed by atoms with Gasteiger partial charge in [-0.1, -0.05) is 12.1 Å². The summed E-state index contributed by atoms with van der Waals surface area (Å²) >= 11 is 4.52. The van der Waals surface area contributed by atoms with E-state index in [1.54, 1.807) is 24.3 Å². The normalized spacial score (nSPS) is 9.14. The van der Waals surface area contributed by atoms with Crippen LogP contribution in [0.5, 0.6) is 0 Å². The van der Waals surface area contributed by atoms with Crippen LogP contribution < -0.4 is 22.3 Å². The Morgan fingerprint density at radius 1 is 1.29 bits per heavy atom. The highest BCUT2D eigenvalue weighted by Crippen LogP contribution is 2.09. The minimum Gasteiger partial charge on any atom is -0.398 e. The van der Waals surface area contributed by atoms with Gasteiger partial charge in [-0.3, -0.25) is 15.6 Å². The molecule has 0 saturated heterocycles. The molecule has 0 spiro atoms. The molecule has 6 heteroatoms. The number of carbonyl (C=O) groups is 1. The molecule has 1 amide bonds. The minimum absolute atomic E-state index is 0.00662. The van der Waals surface area contributed by atoms with Crippen molar-refractivity contribution in [2.24, 2.45) is 5.73 Å². The van der Waals surface area contributed by atoms with Gasteiger partial charge < -0.3 is 11.5 Å². The summed E-state index contributed by atoms with van der Waals surface area (Å²) in [6.07, 6.45) is 0. The predicted molar refractivity (Wildman–Crippen MR) is 58.2 cm³/mol. The summed E-state index contributed by atoms with van der Waals surface area (Å²) in [5.41, 5.74) is 16.1. The van der Waals surface area contributed by atoms with Gasteiger partial charge in [-0.15, -0.1) is 0 Å². The van der Waals surface area contributed by atoms with Crippen LogP contribution in [0.2, 0.25) is 0 Å². The van der Waals surface area contributed by atoms with Crippen molar-refractivity contribution >= 4 is 28.9 Å². The van der Waals surface area contributed by atoms with Gasteiger partial charge in [0.15, 0.2) is 5.11 Å². The Hall–Kier alpha value is -1.82. The predicted octanol–water partition coefficient (Wildman–Crippen LogP) is -0.253. The number of anilines is 1. The molecule has 74 valence electrons. The number of hydrogen-bond acceptors (Lipinski definition) is 3. The second-order valence-electron chi connectivity index (χ2n) is 2.53. The molecule has 0 saturated carbocycles. The van der Waals surface area contributed by atoms with E-state index >= 15 is 0 Å². The number of thiocarbonyl (C=S) groups is 1. The van der Waals surface area contributed by atoms with Crippen molar-refractivity contribution in [1.82, 2.24) is 10.9 Å². The highest BCUT2D eigenvalue weighted by molar-refractivity contribution is 7.80. The number of rotatable bonds is 1. The molecule has 14 heavy (non-hydrogen) atoms. The molecule has 0 unspecified atom stereocenters. The number of hydrogen-bond donors (Lipinski definition) is 4. The van der Waals surface area contributed by atoms with Gasteiger partial charge in [0.1, 0.15) is 0 Å². The average Bonchev–Trinajstić information content (AvgIpc) is 2.15. The number of amides is 1. The van der Waals surface area contributed by atoms with Crippen LogP contribution in [-0.2, 0) is 0 Å². The third-order valence-electron chi connectivity index (χ3n) is 1.50. The fourth-order valence-corrected chi connectivity index (χ4v) is 0.941. The summed E-state index contributed by atoms with van der Waals surface area (Å²) in [6.45, 7) is 0. The van der Waals surface area contributed by atoms with Crippen molar-refractivity contribution in [3.05, 3.63) is 29.8 Å². The number of hydrazine groups is 1. The molecule has 0 aliphatic carbocycles. The van der Waals surface area contributed by atoms with Crippen molar-refractivity contribution < 1.29 is 4.79 Å². The molecule has 0 aliphatic rings. The Labute approximate surface area is 86.4 Å². The lowest BCUT2D eigenvalue weighted by atomic mass is 10.2. The molecule has 0 fully saturated rings. The van der Waals surface area contributed by atoms with Gasteiger partial charge in [-0.05, 0) is 24.4 Å². The van der Waals surface area contributed by atoms with Gasteiger partial charge >= 0.3 is 0 Å². The van der Waals surface area contributed by atoms with Crippen molar-refractivity contribution in [2.45, 2.75) is 0 Å². The SMILES string of the molecule is NC(=S)NNC(=O)c1ccccc1N. The summed E-state index contributed by atoms with van der Waals surface area (Å²) < 4.78 is 0. The molecular weight excluding hydrogens is 200 g/mol. The van der Waals surface area contributed by atoms with E-state index in [9.17, 15) is 4.79 Å². The first-order valence-corrected chi connectivity index (χ1v) is 4.22. The molecule has 0 radical (unpaired) electrons. The van der Waals surface area contributed by atoms with Gasteiger partial charge in [0.2, 0.25) is 0 Å². The highest BCUT2D eigenvalue weighted by Gasteiger charge is 2.07. The van der Waals surface area contributed by atoms with Crippen LogP contribution in [0.15, 0.2) is 24.3 Å². The lowest BCUT2D eigenvalue weighted by molar-refractivity contribution is 0.0945. The van der Waals surface area contributed by atoms with Gasteiger partial charge in [-0.25, -0.2) is 0 Å². The van der Waals surface area contributed by atoms with Crippen LogP contribution >= 0.6 is 12.2 Å². The Balaban J connectivity index is 2.70. The van der Waals surface area contributed by atoms with Gasteiger partial charge in [-0.2, -0.15) is 0 Å². The fraction of sp³-hybridized carbons (Fsp3) is 0. The first-order chi connectivity index (χ1) is 6.61. The third kappa shape index (κ3) is 2.60. The first-order valence-electron chi connectivity index (χ1n) is 3.81. The zero-order chi connectivity index (χ0) is 10.6. The maximum absolute atomic E-state index is 11.4. The summed E-state index contributed by atoms with van der Waals surface area (Å²) in [6, 6.07) is 6.70. The van der Waals surface area contributed by atoms with E-state index < -0.39 is 0 Å². The molecule has 5 nitrogen and oxygen atoms in total. The first kappa shape index (κ1) is 10.3. The number of carbonyl (C=O) groups excluding carboxylic acids is 1. The number of nitrogens with one attached hydrogen (secondary N) is 2. The molecule has 1 aromatic carbocycles. The summed E-state index contributed by atoms with van der Waals surface area (Å²) in [7, 11) is 0. The maximum Gasteiger partial charge on any atom is 0.271 e. The van der Waals surface area contributed by atoms with E-state index in [1.807, 2.05) is 0 Å². The van der Waals surface area contributed by atoms with Crippen molar-refractivity contribution in [3.8, 4) is 0 Å². The monoisotopic (exact) mass is 210 g/mol. The Morgan fingerprint density at radius 2 is 1.93 bits per heavy atom. The largest absolute Gasteiger partial charge is 0.398 e. The van der Waals surface area contributed by atoms with E-state index in [-0.39, 0.29) is 11.0 Å². The van der Waals surface area contributed by atoms with Crippen molar-refractivity contribution in [1.29, 1.82) is 0 Å². The van der Waals surface area contributed by atoms with Gasteiger partial charge in [0, 0.05) is 5.69 Å². The van der Waals surface area contributed by atoms with Crippen LogP contribution in [0.1, 0.15) is 10.4 Å². The van der Waals surface area contributed by atoms with Crippen LogP contribution in [0, 0.1) is 0 Å². The van der Waals surface area contributed by atoms with E-state index in [0.717, 1.165) is 0 Å². The fourth-order valence-electron chi connectivity index (χ4n) is 0.889. The Kier molecular flexibility index (Phi) is 3.24. The van der Waals surface area contributed by atoms with Crippen LogP contribution in [0.3, 0.4) is 0 Å². The molecule has 0 heterocycles. The molecule has 1 aromatic rings. The number of nitrogen functional groups attached to an aromatic ring is 1. The smallest absolute Gasteiger partial charge is 0.271 e. The lowest BCUT2D eigenvalue weighted by Crippen LogP contribution is -2.44. The highest BCUT2D eigenvalue weighted by atomic mass is 32.1. The number of nitrogens with two attached hydrogens (primary N) is 2. The van der Waals surface area contributed by atoms with Crippen molar-refractivity contribution in [2.75, 3.05) is 5.73 Å². The molecule has 0 atom stereocenters. The minimum atomic E-state index is -0.379. The summed E-state index contributed by atoms with van der Waals surface area (Å²) in [4.78, 5) is 11.4. The molecule has 0 bridgehead atoms. The van der Waals surface area contributed by atoms with Gasteiger partial charge in [0.05, 0.1) is 5.56 Å². The lowest BCUT2D eigenvalue weighted by Gasteiger charge is -2.07. The van der Waals surface area contributed by atoms with Crippen molar-refractivity contribution in [3.63, 3.8) is 0 Å². The van der Waals surface area contributed by atoms with Crippen LogP contribution in [-0.4, -0.2) is 11.0 Å². The maximum atomic E-state index is 11.4. The van der Waals surface area contributed by atoms with E-state index in [0.29, 0.717) is 11.3 Å². The van der Waals surface area contributed by atoms with E-state index in [4.69, 9.17) is 11.5 Å². The quantitative estimate of drug-likeness (QED) is 0.291. The summed E-state index contributed by atoms with van der Waals surface area (Å²) in [5.74, 6) is -0.379. The standard InChI is InChI=1S/C8H10N4OS/c9-6-4-2-1-3-5(6)7(13)11-12-8(10)14/h1-4H,9H2,(H,11,13)(H3,10,12,14). The van der Waals surface area contributed by atoms with Gasteiger partial charge in [0.25, 0.3) is 5.91 Å². The topological polar surface area (TPSA) is 93.2 Å². The Morgan fingerprint density at radius 3 is 2.50 bits per heavy atom. The van der Waals surface area contributed by atoms with Crippen LogP contribution in [0.25, 0.3) is 0 Å². The average molecular weight is 210 g/mol. The third-order valence-corrected chi connectivity index (χ3v) is 1.61. The van der Waals surface area contributed by atoms with E-state index in [2.05, 4.69) is 23.1 Å². The zero-order valence-electron chi connectivity index (χ0n) is 7.28. The summed E-state index contributed by atoms with van der Waals surface area (Å²) in [5, 5.41) is -0.00662. The number of para-hydroxylation sites is 1. The molecule has 0 aliphatic heterocycles. The second-order valence-corrected chi connectivity index (χ2v) is 2.97. The number of benzene rings is 1. The molecule has 6 N–H and O–H groups in total.